The van der Waals surface area contributed by atoms with Gasteiger partial charge in [0.1, 0.15) is 0 Å². The quantitative estimate of drug-likeness (QED) is 0.836. The van der Waals surface area contributed by atoms with Crippen molar-refractivity contribution in [3.8, 4) is 0 Å². The number of hydrogen-bond donors (Lipinski definition) is 2. The molecule has 7 heteroatoms. The zero-order valence-corrected chi connectivity index (χ0v) is 14.3. The largest absolute Gasteiger partial charge is 0.290 e. The summed E-state index contributed by atoms with van der Waals surface area (Å²) in [4.78, 5) is 36.5. The van der Waals surface area contributed by atoms with Gasteiger partial charge in [-0.1, -0.05) is 39.0 Å². The summed E-state index contributed by atoms with van der Waals surface area (Å²) in [6.45, 7) is 7.91. The zero-order chi connectivity index (χ0) is 17.9. The van der Waals surface area contributed by atoms with E-state index >= 15 is 0 Å². The minimum absolute atomic E-state index is 0.100. The summed E-state index contributed by atoms with van der Waals surface area (Å²) in [5.74, 6) is -0.848. The number of carbonyl (C=O) groups is 2. The summed E-state index contributed by atoms with van der Waals surface area (Å²) in [5.41, 5.74) is 4.42. The summed E-state index contributed by atoms with van der Waals surface area (Å²) >= 11 is 0. The van der Waals surface area contributed by atoms with Gasteiger partial charge < -0.3 is 0 Å². The van der Waals surface area contributed by atoms with E-state index in [1.54, 1.807) is 31.2 Å². The van der Waals surface area contributed by atoms with Crippen LogP contribution in [-0.4, -0.2) is 21.6 Å². The number of nitrogens with one attached hydrogen (secondary N) is 2. The van der Waals surface area contributed by atoms with Gasteiger partial charge in [0, 0.05) is 18.4 Å². The van der Waals surface area contributed by atoms with E-state index in [4.69, 9.17) is 0 Å². The third kappa shape index (κ3) is 3.98. The van der Waals surface area contributed by atoms with Crippen LogP contribution in [-0.2, 0) is 11.3 Å². The second-order valence-electron chi connectivity index (χ2n) is 6.75. The number of benzene rings is 1. The van der Waals surface area contributed by atoms with Crippen LogP contribution in [0.2, 0.25) is 0 Å². The van der Waals surface area contributed by atoms with Crippen molar-refractivity contribution in [2.75, 3.05) is 0 Å². The lowest BCUT2D eigenvalue weighted by molar-refractivity contribution is -0.123. The highest BCUT2D eigenvalue weighted by Gasteiger charge is 2.19. The molecule has 0 saturated heterocycles. The van der Waals surface area contributed by atoms with Gasteiger partial charge in [-0.15, -0.1) is 0 Å². The summed E-state index contributed by atoms with van der Waals surface area (Å²) < 4.78 is 1.23. The van der Waals surface area contributed by atoms with Gasteiger partial charge >= 0.3 is 0 Å². The molecule has 0 saturated carbocycles. The molecule has 0 unspecified atom stereocenters. The maximum absolute atomic E-state index is 12.4. The van der Waals surface area contributed by atoms with Crippen molar-refractivity contribution in [3.63, 3.8) is 0 Å². The van der Waals surface area contributed by atoms with Crippen LogP contribution >= 0.6 is 0 Å². The van der Waals surface area contributed by atoms with Gasteiger partial charge in [-0.25, -0.2) is 4.68 Å². The number of carbonyl (C=O) groups excluding carboxylic acids is 2. The van der Waals surface area contributed by atoms with Gasteiger partial charge in [-0.2, -0.15) is 5.10 Å². The zero-order valence-electron chi connectivity index (χ0n) is 14.3. The summed E-state index contributed by atoms with van der Waals surface area (Å²) in [6.07, 6.45) is 0.274. The lowest BCUT2D eigenvalue weighted by Crippen LogP contribution is -2.43. The number of nitrogens with zero attached hydrogens (tertiary/aromatic N) is 2. The average molecular weight is 330 g/mol. The fourth-order valence-electron chi connectivity index (χ4n) is 2.33. The van der Waals surface area contributed by atoms with Crippen molar-refractivity contribution >= 4 is 22.6 Å². The third-order valence-electron chi connectivity index (χ3n) is 3.39. The fourth-order valence-corrected chi connectivity index (χ4v) is 2.33. The highest BCUT2D eigenvalue weighted by molar-refractivity contribution is 6.05. The number of aryl methyl sites for hydroxylation is 1. The van der Waals surface area contributed by atoms with E-state index in [9.17, 15) is 14.4 Å². The van der Waals surface area contributed by atoms with Crippen LogP contribution in [0.4, 0.5) is 0 Å². The van der Waals surface area contributed by atoms with E-state index in [0.717, 1.165) is 0 Å². The molecule has 0 bridgehead atoms. The summed E-state index contributed by atoms with van der Waals surface area (Å²) in [7, 11) is 0. The molecule has 0 aliphatic rings. The first-order valence-electron chi connectivity index (χ1n) is 7.82. The van der Waals surface area contributed by atoms with Crippen molar-refractivity contribution in [1.82, 2.24) is 20.6 Å². The topological polar surface area (TPSA) is 93.1 Å². The number of hydrazine groups is 1. The lowest BCUT2D eigenvalue weighted by Gasteiger charge is -2.17. The second kappa shape index (κ2) is 6.82. The van der Waals surface area contributed by atoms with E-state index < -0.39 is 5.91 Å². The minimum Gasteiger partial charge on any atom is -0.273 e. The van der Waals surface area contributed by atoms with Crippen LogP contribution in [0, 0.1) is 5.41 Å². The summed E-state index contributed by atoms with van der Waals surface area (Å²) in [6, 6.07) is 6.78. The maximum atomic E-state index is 12.4. The number of aromatic nitrogens is 2. The van der Waals surface area contributed by atoms with E-state index in [1.807, 2.05) is 20.8 Å². The van der Waals surface area contributed by atoms with Gasteiger partial charge in [0.25, 0.3) is 11.5 Å². The monoisotopic (exact) mass is 330 g/mol. The Morgan fingerprint density at radius 1 is 1.12 bits per heavy atom. The van der Waals surface area contributed by atoms with Crippen LogP contribution in [0.3, 0.4) is 0 Å². The Kier molecular flexibility index (Phi) is 5.02. The van der Waals surface area contributed by atoms with Gasteiger partial charge in [0.2, 0.25) is 5.91 Å². The Morgan fingerprint density at radius 3 is 2.33 bits per heavy atom. The van der Waals surface area contributed by atoms with E-state index in [1.165, 1.54) is 4.68 Å². The van der Waals surface area contributed by atoms with E-state index in [2.05, 4.69) is 16.0 Å². The third-order valence-corrected chi connectivity index (χ3v) is 3.39. The molecule has 2 N–H and O–H groups in total. The average Bonchev–Trinajstić information content (AvgIpc) is 2.51. The molecule has 2 rings (SSSR count). The molecule has 24 heavy (non-hydrogen) atoms. The molecule has 128 valence electrons. The van der Waals surface area contributed by atoms with Crippen LogP contribution in [0.5, 0.6) is 0 Å². The first-order chi connectivity index (χ1) is 11.2. The normalized spacial score (nSPS) is 11.3. The molecular weight excluding hydrogens is 308 g/mol. The Hall–Kier alpha value is -2.70. The molecule has 0 aliphatic heterocycles. The standard InChI is InChI=1S/C17H22N4O3/c1-5-21-16(24)12-9-7-6-8-11(12)14(20-21)15(23)19-18-13(22)10-17(2,3)4/h6-9H,5,10H2,1-4H3,(H,18,22)(H,19,23). The molecule has 1 heterocycles. The highest BCUT2D eigenvalue weighted by Crippen LogP contribution is 2.17. The molecule has 1 aromatic heterocycles. The predicted octanol–water partition coefficient (Wildman–Crippen LogP) is 1.61. The molecule has 1 aromatic carbocycles. The van der Waals surface area contributed by atoms with Crippen LogP contribution < -0.4 is 16.4 Å². The van der Waals surface area contributed by atoms with Crippen LogP contribution in [0.1, 0.15) is 44.6 Å². The number of rotatable bonds is 3. The van der Waals surface area contributed by atoms with Crippen molar-refractivity contribution in [2.24, 2.45) is 5.41 Å². The molecule has 2 amide bonds. The molecule has 0 fully saturated rings. The Bertz CT molecular complexity index is 834. The SMILES string of the molecule is CCn1nc(C(=O)NNC(=O)CC(C)(C)C)c2ccccc2c1=O. The van der Waals surface area contributed by atoms with Crippen molar-refractivity contribution in [1.29, 1.82) is 0 Å². The van der Waals surface area contributed by atoms with Crippen molar-refractivity contribution in [2.45, 2.75) is 40.7 Å². The van der Waals surface area contributed by atoms with E-state index in [-0.39, 0.29) is 29.0 Å². The van der Waals surface area contributed by atoms with Crippen molar-refractivity contribution in [3.05, 3.63) is 40.3 Å². The number of amides is 2. The van der Waals surface area contributed by atoms with Gasteiger partial charge in [-0.3, -0.25) is 25.2 Å². The van der Waals surface area contributed by atoms with Crippen LogP contribution in [0.15, 0.2) is 29.1 Å². The van der Waals surface area contributed by atoms with Crippen molar-refractivity contribution < 1.29 is 9.59 Å². The minimum atomic E-state index is -0.560. The smallest absolute Gasteiger partial charge is 0.273 e. The fraction of sp³-hybridized carbons (Fsp3) is 0.412. The first-order valence-corrected chi connectivity index (χ1v) is 7.82. The summed E-state index contributed by atoms with van der Waals surface area (Å²) in [5, 5.41) is 4.98. The van der Waals surface area contributed by atoms with E-state index in [0.29, 0.717) is 17.3 Å². The Labute approximate surface area is 140 Å². The second-order valence-corrected chi connectivity index (χ2v) is 6.75. The Morgan fingerprint density at radius 2 is 1.75 bits per heavy atom. The molecule has 0 atom stereocenters. The molecule has 2 aromatic rings. The van der Waals surface area contributed by atoms with Gasteiger partial charge in [-0.05, 0) is 18.4 Å². The first kappa shape index (κ1) is 17.7. The molecular formula is C17H22N4O3. The number of hydrogen-bond acceptors (Lipinski definition) is 4. The molecule has 0 spiro atoms. The maximum Gasteiger partial charge on any atom is 0.290 e. The molecule has 7 nitrogen and oxygen atoms in total. The van der Waals surface area contributed by atoms with Gasteiger partial charge in [0.05, 0.1) is 5.39 Å². The van der Waals surface area contributed by atoms with Gasteiger partial charge in [0.15, 0.2) is 5.69 Å². The number of fused-ring (bicyclic) bond motifs is 1. The predicted molar refractivity (Wildman–Crippen MR) is 91.4 cm³/mol. The molecule has 0 radical (unpaired) electrons. The lowest BCUT2D eigenvalue weighted by atomic mass is 9.92. The highest BCUT2D eigenvalue weighted by atomic mass is 16.2. The molecule has 0 aliphatic carbocycles. The Balaban J connectivity index is 2.28. The van der Waals surface area contributed by atoms with Crippen LogP contribution in [0.25, 0.3) is 10.8 Å².